The summed E-state index contributed by atoms with van der Waals surface area (Å²) in [4.78, 5) is 25.6. The van der Waals surface area contributed by atoms with Crippen LogP contribution < -0.4 is 5.32 Å². The molecule has 116 valence electrons. The van der Waals surface area contributed by atoms with Gasteiger partial charge in [-0.1, -0.05) is 0 Å². The summed E-state index contributed by atoms with van der Waals surface area (Å²) in [6.45, 7) is 3.81. The molecule has 1 aliphatic heterocycles. The van der Waals surface area contributed by atoms with Gasteiger partial charge in [-0.2, -0.15) is 0 Å². The average Bonchev–Trinajstić information content (AvgIpc) is 3.13. The highest BCUT2D eigenvalue weighted by Crippen LogP contribution is 2.14. The van der Waals surface area contributed by atoms with Crippen LogP contribution in [0.2, 0.25) is 0 Å². The van der Waals surface area contributed by atoms with Crippen LogP contribution in [0.4, 0.5) is 0 Å². The molecule has 7 heteroatoms. The number of carbonyl (C=O) groups is 2. The van der Waals surface area contributed by atoms with Gasteiger partial charge in [0.25, 0.3) is 5.91 Å². The molecule has 0 radical (unpaired) electrons. The summed E-state index contributed by atoms with van der Waals surface area (Å²) in [5.74, 6) is -0.342. The van der Waals surface area contributed by atoms with E-state index in [1.807, 2.05) is 6.92 Å². The summed E-state index contributed by atoms with van der Waals surface area (Å²) in [6, 6.07) is 3.18. The number of furan rings is 1. The second-order valence-corrected chi connectivity index (χ2v) is 5.64. The number of carbonyl (C=O) groups excluding carboxylic acids is 2. The molecule has 1 unspecified atom stereocenters. The Morgan fingerprint density at radius 3 is 2.86 bits per heavy atom. The van der Waals surface area contributed by atoms with Crippen LogP contribution in [0.5, 0.6) is 0 Å². The molecule has 0 bridgehead atoms. The van der Waals surface area contributed by atoms with Gasteiger partial charge in [-0.3, -0.25) is 9.59 Å². The van der Waals surface area contributed by atoms with E-state index in [0.29, 0.717) is 17.8 Å². The molecule has 0 aromatic carbocycles. The zero-order chi connectivity index (χ0) is 15.2. The Labute approximate surface area is 131 Å². The average molecular weight is 359 g/mol. The van der Waals surface area contributed by atoms with E-state index in [9.17, 15) is 9.59 Å². The Kier molecular flexibility index (Phi) is 5.81. The summed E-state index contributed by atoms with van der Waals surface area (Å²) < 4.78 is 11.1. The number of nitrogens with zero attached hydrogens (tertiary/aromatic N) is 1. The first-order valence-electron chi connectivity index (χ1n) is 7.03. The fraction of sp³-hybridized carbons (Fsp3) is 0.571. The Bertz CT molecular complexity index is 497. The lowest BCUT2D eigenvalue weighted by atomic mass is 10.2. The second-order valence-electron chi connectivity index (χ2n) is 4.85. The van der Waals surface area contributed by atoms with Crippen molar-refractivity contribution in [3.05, 3.63) is 22.6 Å². The third-order valence-corrected chi connectivity index (χ3v) is 3.81. The molecule has 1 aliphatic rings. The topological polar surface area (TPSA) is 71.8 Å². The first-order chi connectivity index (χ1) is 10.1. The van der Waals surface area contributed by atoms with Gasteiger partial charge in [0.05, 0.1) is 12.6 Å². The molecule has 1 atom stereocenters. The molecule has 6 nitrogen and oxygen atoms in total. The van der Waals surface area contributed by atoms with Crippen molar-refractivity contribution in [2.75, 3.05) is 26.2 Å². The normalized spacial score (nSPS) is 17.7. The molecule has 1 aromatic heterocycles. The minimum absolute atomic E-state index is 0.0439. The summed E-state index contributed by atoms with van der Waals surface area (Å²) in [5, 5.41) is 2.57. The van der Waals surface area contributed by atoms with Crippen molar-refractivity contribution in [2.24, 2.45) is 0 Å². The zero-order valence-electron chi connectivity index (χ0n) is 11.9. The maximum absolute atomic E-state index is 12.1. The minimum atomic E-state index is -0.401. The van der Waals surface area contributed by atoms with Crippen LogP contribution in [0.25, 0.3) is 0 Å². The van der Waals surface area contributed by atoms with Gasteiger partial charge in [0.2, 0.25) is 5.91 Å². The summed E-state index contributed by atoms with van der Waals surface area (Å²) in [6.07, 6.45) is 2.14. The van der Waals surface area contributed by atoms with Gasteiger partial charge in [-0.25, -0.2) is 0 Å². The third kappa shape index (κ3) is 4.57. The zero-order valence-corrected chi connectivity index (χ0v) is 13.5. The van der Waals surface area contributed by atoms with Crippen LogP contribution in [0, 0.1) is 0 Å². The predicted octanol–water partition coefficient (Wildman–Crippen LogP) is 1.80. The Hall–Kier alpha value is -1.34. The van der Waals surface area contributed by atoms with Crippen molar-refractivity contribution in [1.82, 2.24) is 10.2 Å². The van der Waals surface area contributed by atoms with Crippen molar-refractivity contribution in [3.8, 4) is 0 Å². The van der Waals surface area contributed by atoms with Crippen LogP contribution in [0.3, 0.4) is 0 Å². The molecule has 2 heterocycles. The second kappa shape index (κ2) is 7.61. The largest absolute Gasteiger partial charge is 0.444 e. The van der Waals surface area contributed by atoms with Gasteiger partial charge < -0.3 is 19.4 Å². The molecule has 0 saturated carbocycles. The van der Waals surface area contributed by atoms with E-state index in [1.54, 1.807) is 17.0 Å². The number of nitrogens with one attached hydrogen (secondary N) is 1. The molecule has 1 N–H and O–H groups in total. The number of hydrogen-bond acceptors (Lipinski definition) is 4. The number of likely N-dealkylation sites (N-methyl/N-ethyl adjacent to an activating group) is 1. The number of halogens is 1. The summed E-state index contributed by atoms with van der Waals surface area (Å²) >= 11 is 3.13. The quantitative estimate of drug-likeness (QED) is 0.841. The fourth-order valence-corrected chi connectivity index (χ4v) is 2.54. The Morgan fingerprint density at radius 2 is 2.29 bits per heavy atom. The monoisotopic (exact) mass is 358 g/mol. The van der Waals surface area contributed by atoms with Gasteiger partial charge >= 0.3 is 0 Å². The van der Waals surface area contributed by atoms with Crippen molar-refractivity contribution < 1.29 is 18.7 Å². The minimum Gasteiger partial charge on any atom is -0.444 e. The highest BCUT2D eigenvalue weighted by molar-refractivity contribution is 9.10. The predicted molar refractivity (Wildman–Crippen MR) is 80.0 cm³/mol. The number of rotatable bonds is 6. The lowest BCUT2D eigenvalue weighted by Crippen LogP contribution is -2.43. The molecular formula is C14H19BrN2O4. The molecule has 1 fully saturated rings. The van der Waals surface area contributed by atoms with E-state index in [0.717, 1.165) is 19.4 Å². The van der Waals surface area contributed by atoms with E-state index in [1.165, 1.54) is 0 Å². The molecule has 2 amide bonds. The van der Waals surface area contributed by atoms with Gasteiger partial charge in [0.1, 0.15) is 0 Å². The van der Waals surface area contributed by atoms with Crippen molar-refractivity contribution in [2.45, 2.75) is 25.9 Å². The highest BCUT2D eigenvalue weighted by atomic mass is 79.9. The fourth-order valence-electron chi connectivity index (χ4n) is 2.23. The lowest BCUT2D eigenvalue weighted by Gasteiger charge is -2.24. The van der Waals surface area contributed by atoms with Gasteiger partial charge in [0.15, 0.2) is 10.4 Å². The van der Waals surface area contributed by atoms with E-state index in [-0.39, 0.29) is 24.3 Å². The first-order valence-corrected chi connectivity index (χ1v) is 7.82. The molecule has 2 rings (SSSR count). The van der Waals surface area contributed by atoms with Crippen molar-refractivity contribution in [1.29, 1.82) is 0 Å². The number of ether oxygens (including phenoxy) is 1. The van der Waals surface area contributed by atoms with Crippen LogP contribution in [-0.4, -0.2) is 49.1 Å². The van der Waals surface area contributed by atoms with Crippen LogP contribution >= 0.6 is 15.9 Å². The van der Waals surface area contributed by atoms with Gasteiger partial charge in [-0.15, -0.1) is 0 Å². The SMILES string of the molecule is CCN(CC1CCCO1)C(=O)CNC(=O)c1ccc(Br)o1. The van der Waals surface area contributed by atoms with Crippen LogP contribution in [-0.2, 0) is 9.53 Å². The first kappa shape index (κ1) is 16.0. The summed E-state index contributed by atoms with van der Waals surface area (Å²) in [5.41, 5.74) is 0. The van der Waals surface area contributed by atoms with Crippen molar-refractivity contribution in [3.63, 3.8) is 0 Å². The third-order valence-electron chi connectivity index (χ3n) is 3.38. The van der Waals surface area contributed by atoms with Crippen molar-refractivity contribution >= 4 is 27.7 Å². The molecule has 1 aromatic rings. The van der Waals surface area contributed by atoms with E-state index < -0.39 is 5.91 Å². The standard InChI is InChI=1S/C14H19BrN2O4/c1-2-17(9-10-4-3-7-20-10)13(18)8-16-14(19)11-5-6-12(15)21-11/h5-6,10H,2-4,7-9H2,1H3,(H,16,19). The summed E-state index contributed by atoms with van der Waals surface area (Å²) in [7, 11) is 0. The maximum Gasteiger partial charge on any atom is 0.287 e. The van der Waals surface area contributed by atoms with Gasteiger partial charge in [-0.05, 0) is 47.8 Å². The molecular weight excluding hydrogens is 340 g/mol. The molecule has 0 spiro atoms. The lowest BCUT2D eigenvalue weighted by molar-refractivity contribution is -0.131. The highest BCUT2D eigenvalue weighted by Gasteiger charge is 2.22. The van der Waals surface area contributed by atoms with Crippen LogP contribution in [0.15, 0.2) is 21.2 Å². The smallest absolute Gasteiger partial charge is 0.287 e. The van der Waals surface area contributed by atoms with Gasteiger partial charge in [0, 0.05) is 19.7 Å². The van der Waals surface area contributed by atoms with E-state index in [2.05, 4.69) is 21.2 Å². The Morgan fingerprint density at radius 1 is 1.48 bits per heavy atom. The molecule has 21 heavy (non-hydrogen) atoms. The number of hydrogen-bond donors (Lipinski definition) is 1. The van der Waals surface area contributed by atoms with E-state index >= 15 is 0 Å². The maximum atomic E-state index is 12.1. The van der Waals surface area contributed by atoms with Crippen LogP contribution in [0.1, 0.15) is 30.3 Å². The number of amides is 2. The van der Waals surface area contributed by atoms with E-state index in [4.69, 9.17) is 9.15 Å². The Balaban J connectivity index is 1.80. The molecule has 1 saturated heterocycles. The molecule has 0 aliphatic carbocycles.